The summed E-state index contributed by atoms with van der Waals surface area (Å²) in [6.45, 7) is 11.9. The minimum atomic E-state index is -5.08. The van der Waals surface area contributed by atoms with E-state index in [9.17, 15) is 13.2 Å². The van der Waals surface area contributed by atoms with E-state index in [-0.39, 0.29) is 6.04 Å². The van der Waals surface area contributed by atoms with Gasteiger partial charge in [-0.15, -0.1) is 0 Å². The summed E-state index contributed by atoms with van der Waals surface area (Å²) in [5, 5.41) is 7.12. The van der Waals surface area contributed by atoms with Crippen molar-refractivity contribution in [2.75, 3.05) is 18.0 Å². The van der Waals surface area contributed by atoms with Gasteiger partial charge in [-0.1, -0.05) is 43.3 Å². The first-order valence-electron chi connectivity index (χ1n) is 10.3. The fraction of sp³-hybridized carbons (Fsp3) is 0.348. The number of aromatic nitrogens is 2. The second kappa shape index (κ2) is 9.92. The first kappa shape index (κ1) is 24.1. The van der Waals surface area contributed by atoms with Crippen LogP contribution in [-0.4, -0.2) is 45.9 Å². The Kier molecular flexibility index (Phi) is 7.23. The van der Waals surface area contributed by atoms with E-state index in [2.05, 4.69) is 39.4 Å². The van der Waals surface area contributed by atoms with Gasteiger partial charge in [-0.25, -0.2) is 14.6 Å². The van der Waals surface area contributed by atoms with Crippen molar-refractivity contribution >= 4 is 28.6 Å². The van der Waals surface area contributed by atoms with Crippen LogP contribution in [0.5, 0.6) is 0 Å². The molecule has 0 bridgehead atoms. The average molecular weight is 459 g/mol. The predicted molar refractivity (Wildman–Crippen MR) is 119 cm³/mol. The van der Waals surface area contributed by atoms with Crippen molar-refractivity contribution in [3.05, 3.63) is 65.5 Å². The Morgan fingerprint density at radius 3 is 2.45 bits per heavy atom. The normalized spacial score (nSPS) is 18.4. The van der Waals surface area contributed by atoms with Gasteiger partial charge in [0.25, 0.3) is 0 Å². The van der Waals surface area contributed by atoms with Crippen LogP contribution in [0.3, 0.4) is 0 Å². The number of imidazole rings is 1. The minimum Gasteiger partial charge on any atom is -0.475 e. The van der Waals surface area contributed by atoms with Crippen molar-refractivity contribution in [2.24, 2.45) is 11.7 Å². The highest BCUT2D eigenvalue weighted by Gasteiger charge is 2.38. The van der Waals surface area contributed by atoms with Crippen LogP contribution in [0.25, 0.3) is 15.9 Å². The molecule has 0 aliphatic carbocycles. The Hall–Kier alpha value is -3.58. The zero-order valence-corrected chi connectivity index (χ0v) is 18.0. The van der Waals surface area contributed by atoms with Crippen LogP contribution < -0.4 is 10.6 Å². The number of anilines is 1. The smallest absolute Gasteiger partial charge is 0.475 e. The van der Waals surface area contributed by atoms with Crippen molar-refractivity contribution in [2.45, 2.75) is 32.1 Å². The second-order valence-electron chi connectivity index (χ2n) is 7.94. The number of carboxylic acid groups (broad SMARTS) is 1. The molecule has 1 aliphatic rings. The van der Waals surface area contributed by atoms with E-state index in [1.807, 2.05) is 30.3 Å². The van der Waals surface area contributed by atoms with Crippen molar-refractivity contribution < 1.29 is 23.1 Å². The van der Waals surface area contributed by atoms with E-state index in [1.54, 1.807) is 0 Å². The molecule has 0 amide bonds. The molecule has 1 saturated heterocycles. The maximum absolute atomic E-state index is 10.6. The molecule has 33 heavy (non-hydrogen) atoms. The number of carbonyl (C=O) groups is 1. The molecule has 1 aliphatic heterocycles. The van der Waals surface area contributed by atoms with Gasteiger partial charge in [0.05, 0.1) is 24.2 Å². The molecule has 1 fully saturated rings. The van der Waals surface area contributed by atoms with E-state index in [0.29, 0.717) is 11.6 Å². The Morgan fingerprint density at radius 2 is 1.88 bits per heavy atom. The summed E-state index contributed by atoms with van der Waals surface area (Å²) in [6, 6.07) is 16.2. The first-order valence-corrected chi connectivity index (χ1v) is 10.3. The Labute approximate surface area is 189 Å². The number of fused-ring (bicyclic) bond motifs is 1. The lowest BCUT2D eigenvalue weighted by atomic mass is 9.94. The van der Waals surface area contributed by atoms with Gasteiger partial charge in [-0.2, -0.15) is 13.2 Å². The number of aliphatic carboxylic acids is 1. The highest BCUT2D eigenvalue weighted by molar-refractivity contribution is 5.79. The quantitative estimate of drug-likeness (QED) is 0.566. The molecule has 4 rings (SSSR count). The molecule has 2 atom stereocenters. The number of piperidine rings is 1. The number of benzene rings is 2. The predicted octanol–water partition coefficient (Wildman–Crippen LogP) is 4.44. The second-order valence-corrected chi connectivity index (χ2v) is 7.94. The number of halogens is 3. The van der Waals surface area contributed by atoms with Gasteiger partial charge in [0, 0.05) is 19.1 Å². The molecular formula is C23H24F3N5O2. The molecule has 2 heterocycles. The summed E-state index contributed by atoms with van der Waals surface area (Å²) in [4.78, 5) is 19.6. The summed E-state index contributed by atoms with van der Waals surface area (Å²) in [7, 11) is 0. The minimum absolute atomic E-state index is 0.176. The number of hydrogen-bond donors (Lipinski definition) is 2. The fourth-order valence-corrected chi connectivity index (χ4v) is 3.60. The molecule has 2 aromatic carbocycles. The standard InChI is InChI=1S/C21H23N5.C2HF3O2/c1-15-11-12-25(14-18(15)22)21-24-19-5-3-4-6-20(19)26(21)13-16-7-9-17(23-2)10-8-16;3-2(4,5)1(6)7/h3-10,15,18H,11-14,22H2,1H3;(H,6,7)/t15-,18+;/m0./s1. The number of nitrogens with zero attached hydrogens (tertiary/aromatic N) is 4. The van der Waals surface area contributed by atoms with Crippen LogP contribution >= 0.6 is 0 Å². The monoisotopic (exact) mass is 459 g/mol. The molecule has 0 spiro atoms. The summed E-state index contributed by atoms with van der Waals surface area (Å²) in [5.74, 6) is -1.22. The topological polar surface area (TPSA) is 88.7 Å². The van der Waals surface area contributed by atoms with Gasteiger partial charge in [0.2, 0.25) is 5.95 Å². The number of carboxylic acids is 1. The lowest BCUT2D eigenvalue weighted by Gasteiger charge is -2.36. The molecule has 174 valence electrons. The molecule has 0 saturated carbocycles. The van der Waals surface area contributed by atoms with Gasteiger partial charge in [0.1, 0.15) is 0 Å². The van der Waals surface area contributed by atoms with Crippen LogP contribution in [0.4, 0.5) is 24.8 Å². The van der Waals surface area contributed by atoms with Gasteiger partial charge in [-0.3, -0.25) is 0 Å². The van der Waals surface area contributed by atoms with Gasteiger partial charge in [-0.05, 0) is 30.0 Å². The van der Waals surface area contributed by atoms with E-state index < -0.39 is 12.1 Å². The first-order chi connectivity index (χ1) is 15.6. The zero-order valence-electron chi connectivity index (χ0n) is 18.0. The third kappa shape index (κ3) is 5.81. The van der Waals surface area contributed by atoms with E-state index in [0.717, 1.165) is 48.6 Å². The Morgan fingerprint density at radius 1 is 1.24 bits per heavy atom. The highest BCUT2D eigenvalue weighted by Crippen LogP contribution is 2.28. The lowest BCUT2D eigenvalue weighted by molar-refractivity contribution is -0.192. The molecule has 0 unspecified atom stereocenters. The number of alkyl halides is 3. The van der Waals surface area contributed by atoms with E-state index in [4.69, 9.17) is 27.2 Å². The summed E-state index contributed by atoms with van der Waals surface area (Å²) < 4.78 is 34.0. The summed E-state index contributed by atoms with van der Waals surface area (Å²) in [6.07, 6.45) is -4.00. The third-order valence-corrected chi connectivity index (χ3v) is 5.58. The van der Waals surface area contributed by atoms with Crippen LogP contribution in [-0.2, 0) is 11.3 Å². The van der Waals surface area contributed by atoms with Crippen molar-refractivity contribution in [1.29, 1.82) is 0 Å². The molecule has 3 aromatic rings. The Bertz CT molecular complexity index is 1150. The van der Waals surface area contributed by atoms with E-state index in [1.165, 1.54) is 0 Å². The lowest BCUT2D eigenvalue weighted by Crippen LogP contribution is -2.48. The maximum Gasteiger partial charge on any atom is 0.490 e. The van der Waals surface area contributed by atoms with Gasteiger partial charge < -0.3 is 20.3 Å². The molecule has 1 aromatic heterocycles. The molecule has 7 nitrogen and oxygen atoms in total. The fourth-order valence-electron chi connectivity index (χ4n) is 3.60. The van der Waals surface area contributed by atoms with Crippen LogP contribution in [0, 0.1) is 12.5 Å². The Balaban J connectivity index is 0.000000383. The van der Waals surface area contributed by atoms with Gasteiger partial charge >= 0.3 is 12.1 Å². The molecule has 3 N–H and O–H groups in total. The largest absolute Gasteiger partial charge is 0.490 e. The van der Waals surface area contributed by atoms with Crippen molar-refractivity contribution in [1.82, 2.24) is 9.55 Å². The summed E-state index contributed by atoms with van der Waals surface area (Å²) >= 11 is 0. The van der Waals surface area contributed by atoms with Crippen LogP contribution in [0.15, 0.2) is 48.5 Å². The van der Waals surface area contributed by atoms with Crippen LogP contribution in [0.1, 0.15) is 18.9 Å². The van der Waals surface area contributed by atoms with Gasteiger partial charge in [0.15, 0.2) is 5.69 Å². The molecular weight excluding hydrogens is 435 g/mol. The van der Waals surface area contributed by atoms with E-state index >= 15 is 0 Å². The number of para-hydroxylation sites is 2. The number of nitrogens with two attached hydrogens (primary N) is 1. The molecule has 0 radical (unpaired) electrons. The number of rotatable bonds is 3. The highest BCUT2D eigenvalue weighted by atomic mass is 19.4. The average Bonchev–Trinajstić information content (AvgIpc) is 3.14. The maximum atomic E-state index is 10.6. The number of hydrogen-bond acceptors (Lipinski definition) is 4. The SMILES string of the molecule is O=C(O)C(F)(F)F.[C-]#[N+]c1ccc(Cn2c(N3CC[C@H](C)[C@H](N)C3)nc3ccccc32)cc1. The molecule has 10 heteroatoms. The zero-order chi connectivity index (χ0) is 24.2. The van der Waals surface area contributed by atoms with Crippen LogP contribution in [0.2, 0.25) is 0 Å². The summed E-state index contributed by atoms with van der Waals surface area (Å²) in [5.41, 5.74) is 10.3. The van der Waals surface area contributed by atoms with Crippen molar-refractivity contribution in [3.8, 4) is 0 Å². The van der Waals surface area contributed by atoms with Crippen molar-refractivity contribution in [3.63, 3.8) is 0 Å². The third-order valence-electron chi connectivity index (χ3n) is 5.58.